The van der Waals surface area contributed by atoms with Crippen LogP contribution in [0.2, 0.25) is 0 Å². The number of halogens is 4. The van der Waals surface area contributed by atoms with Crippen LogP contribution < -0.4 is 5.32 Å². The predicted octanol–water partition coefficient (Wildman–Crippen LogP) is 3.62. The summed E-state index contributed by atoms with van der Waals surface area (Å²) in [5, 5.41) is 10.7. The largest absolute Gasteiger partial charge is 0.481 e. The second-order valence-corrected chi connectivity index (χ2v) is 5.22. The summed E-state index contributed by atoms with van der Waals surface area (Å²) in [6.07, 6.45) is -0.956. The number of carbonyl (C=O) groups is 1. The van der Waals surface area contributed by atoms with Crippen LogP contribution in [0.25, 0.3) is 0 Å². The quantitative estimate of drug-likeness (QED) is 0.818. The van der Waals surface area contributed by atoms with E-state index in [-0.39, 0.29) is 6.04 Å². The molecule has 1 aromatic carbocycles. The Morgan fingerprint density at radius 1 is 1.32 bits per heavy atom. The highest BCUT2D eigenvalue weighted by Crippen LogP contribution is 2.30. The molecule has 0 spiro atoms. The summed E-state index contributed by atoms with van der Waals surface area (Å²) in [4.78, 5) is 9.00. The minimum Gasteiger partial charge on any atom is -0.481 e. The van der Waals surface area contributed by atoms with Crippen LogP contribution in [0.15, 0.2) is 18.2 Å². The first-order valence-corrected chi connectivity index (χ1v) is 6.98. The molecule has 1 aliphatic heterocycles. The Hall–Kier alpha value is -1.63. The van der Waals surface area contributed by atoms with Gasteiger partial charge in [-0.3, -0.25) is 4.79 Å². The minimum atomic E-state index is -4.49. The molecule has 0 radical (unpaired) electrons. The van der Waals surface area contributed by atoms with Gasteiger partial charge in [0.05, 0.1) is 5.56 Å². The smallest absolute Gasteiger partial charge is 0.416 e. The van der Waals surface area contributed by atoms with Crippen molar-refractivity contribution in [2.24, 2.45) is 0 Å². The van der Waals surface area contributed by atoms with E-state index in [1.165, 1.54) is 6.07 Å². The van der Waals surface area contributed by atoms with E-state index in [9.17, 15) is 17.6 Å². The molecule has 22 heavy (non-hydrogen) atoms. The number of benzene rings is 1. The summed E-state index contributed by atoms with van der Waals surface area (Å²) < 4.78 is 50.8. The third-order valence-corrected chi connectivity index (χ3v) is 3.18. The number of nitrogens with one attached hydrogen (secondary N) is 1. The van der Waals surface area contributed by atoms with Gasteiger partial charge in [0.15, 0.2) is 0 Å². The Kier molecular flexibility index (Phi) is 6.80. The maximum absolute atomic E-state index is 13.2. The number of rotatable bonds is 2. The second-order valence-electron chi connectivity index (χ2n) is 5.22. The van der Waals surface area contributed by atoms with Crippen LogP contribution in [0.1, 0.15) is 37.3 Å². The number of hydrogen-bond donors (Lipinski definition) is 2. The number of carboxylic acids is 1. The number of carboxylic acid groups (broad SMARTS) is 1. The third-order valence-electron chi connectivity index (χ3n) is 3.18. The number of piperidine rings is 1. The van der Waals surface area contributed by atoms with Crippen molar-refractivity contribution in [3.63, 3.8) is 0 Å². The molecule has 1 saturated heterocycles. The van der Waals surface area contributed by atoms with Gasteiger partial charge in [-0.2, -0.15) is 13.2 Å². The highest BCUT2D eigenvalue weighted by atomic mass is 19.4. The molecule has 0 aliphatic carbocycles. The van der Waals surface area contributed by atoms with E-state index < -0.39 is 23.5 Å². The van der Waals surface area contributed by atoms with E-state index in [1.54, 1.807) is 0 Å². The monoisotopic (exact) mass is 321 g/mol. The van der Waals surface area contributed by atoms with Crippen LogP contribution >= 0.6 is 0 Å². The summed E-state index contributed by atoms with van der Waals surface area (Å²) in [6, 6.07) is 2.92. The van der Waals surface area contributed by atoms with E-state index >= 15 is 0 Å². The molecule has 1 heterocycles. The molecular weight excluding hydrogens is 302 g/mol. The van der Waals surface area contributed by atoms with Gasteiger partial charge in [0.2, 0.25) is 0 Å². The topological polar surface area (TPSA) is 49.3 Å². The summed E-state index contributed by atoms with van der Waals surface area (Å²) in [5.74, 6) is -1.66. The van der Waals surface area contributed by atoms with E-state index in [2.05, 4.69) is 5.32 Å². The molecule has 7 heteroatoms. The van der Waals surface area contributed by atoms with E-state index in [1.807, 2.05) is 0 Å². The van der Waals surface area contributed by atoms with Crippen LogP contribution in [0.4, 0.5) is 17.6 Å². The molecular formula is C15H19F4NO2. The van der Waals surface area contributed by atoms with Gasteiger partial charge < -0.3 is 10.4 Å². The normalized spacial score (nSPS) is 18.3. The van der Waals surface area contributed by atoms with E-state index in [0.29, 0.717) is 18.1 Å². The van der Waals surface area contributed by atoms with Crippen molar-refractivity contribution in [1.82, 2.24) is 5.32 Å². The zero-order valence-electron chi connectivity index (χ0n) is 12.2. The van der Waals surface area contributed by atoms with Gasteiger partial charge in [-0.1, -0.05) is 6.42 Å². The molecule has 0 aromatic heterocycles. The maximum atomic E-state index is 13.2. The van der Waals surface area contributed by atoms with Gasteiger partial charge in [-0.15, -0.1) is 0 Å². The Morgan fingerprint density at radius 3 is 2.45 bits per heavy atom. The number of aliphatic carboxylic acids is 1. The van der Waals surface area contributed by atoms with Crippen LogP contribution in [0, 0.1) is 5.82 Å². The van der Waals surface area contributed by atoms with Gasteiger partial charge in [0.1, 0.15) is 5.82 Å². The molecule has 0 saturated carbocycles. The highest BCUT2D eigenvalue weighted by molar-refractivity contribution is 5.62. The van der Waals surface area contributed by atoms with Gasteiger partial charge >= 0.3 is 6.18 Å². The molecule has 0 amide bonds. The van der Waals surface area contributed by atoms with Crippen molar-refractivity contribution in [3.05, 3.63) is 35.1 Å². The maximum Gasteiger partial charge on any atom is 0.416 e. The van der Waals surface area contributed by atoms with Gasteiger partial charge in [-0.25, -0.2) is 4.39 Å². The van der Waals surface area contributed by atoms with E-state index in [4.69, 9.17) is 9.90 Å². The zero-order valence-corrected chi connectivity index (χ0v) is 12.2. The first-order valence-electron chi connectivity index (χ1n) is 6.98. The Balaban J connectivity index is 0.000000541. The fraction of sp³-hybridized carbons (Fsp3) is 0.533. The molecule has 0 bridgehead atoms. The molecule has 1 fully saturated rings. The summed E-state index contributed by atoms with van der Waals surface area (Å²) in [5.41, 5.74) is -0.505. The standard InChI is InChI=1S/C13H15F4N.C2H4O2/c14-11-6-9(5-10(8-11)13(15,16)17)7-12-3-1-2-4-18-12;1-2(3)4/h5-6,8,12,18H,1-4,7H2;1H3,(H,3,4). The van der Waals surface area contributed by atoms with Gasteiger partial charge in [0.25, 0.3) is 5.97 Å². The van der Waals surface area contributed by atoms with Crippen LogP contribution in [0.5, 0.6) is 0 Å². The second kappa shape index (κ2) is 8.12. The minimum absolute atomic E-state index is 0.154. The van der Waals surface area contributed by atoms with Gasteiger partial charge in [0, 0.05) is 13.0 Å². The number of alkyl halides is 3. The fourth-order valence-electron chi connectivity index (χ4n) is 2.31. The Morgan fingerprint density at radius 2 is 1.95 bits per heavy atom. The van der Waals surface area contributed by atoms with Crippen molar-refractivity contribution < 1.29 is 27.5 Å². The van der Waals surface area contributed by atoms with Crippen molar-refractivity contribution in [2.45, 2.75) is 44.8 Å². The molecule has 2 N–H and O–H groups in total. The van der Waals surface area contributed by atoms with Crippen molar-refractivity contribution in [3.8, 4) is 0 Å². The first kappa shape index (κ1) is 18.4. The summed E-state index contributed by atoms with van der Waals surface area (Å²) >= 11 is 0. The molecule has 3 nitrogen and oxygen atoms in total. The average Bonchev–Trinajstić information content (AvgIpc) is 2.37. The average molecular weight is 321 g/mol. The predicted molar refractivity (Wildman–Crippen MR) is 74.1 cm³/mol. The zero-order chi connectivity index (χ0) is 16.8. The highest BCUT2D eigenvalue weighted by Gasteiger charge is 2.31. The lowest BCUT2D eigenvalue weighted by Gasteiger charge is -2.23. The molecule has 2 rings (SSSR count). The lowest BCUT2D eigenvalue weighted by atomic mass is 9.96. The Labute approximate surface area is 126 Å². The molecule has 1 aromatic rings. The lowest BCUT2D eigenvalue weighted by Crippen LogP contribution is -2.35. The number of hydrogen-bond acceptors (Lipinski definition) is 2. The molecule has 1 aliphatic rings. The summed E-state index contributed by atoms with van der Waals surface area (Å²) in [7, 11) is 0. The fourth-order valence-corrected chi connectivity index (χ4v) is 2.31. The van der Waals surface area contributed by atoms with Crippen LogP contribution in [0.3, 0.4) is 0 Å². The third kappa shape index (κ3) is 6.89. The molecule has 1 atom stereocenters. The van der Waals surface area contributed by atoms with Crippen molar-refractivity contribution in [2.75, 3.05) is 6.54 Å². The SMILES string of the molecule is CC(=O)O.Fc1cc(CC2CCCCN2)cc(C(F)(F)F)c1. The first-order chi connectivity index (χ1) is 10.2. The van der Waals surface area contributed by atoms with Gasteiger partial charge in [-0.05, 0) is 49.6 Å². The van der Waals surface area contributed by atoms with Crippen LogP contribution in [-0.2, 0) is 17.4 Å². The summed E-state index contributed by atoms with van der Waals surface area (Å²) in [6.45, 7) is 1.96. The molecule has 1 unspecified atom stereocenters. The van der Waals surface area contributed by atoms with E-state index in [0.717, 1.165) is 38.8 Å². The van der Waals surface area contributed by atoms with Crippen LogP contribution in [-0.4, -0.2) is 23.7 Å². The van der Waals surface area contributed by atoms with Crippen molar-refractivity contribution in [1.29, 1.82) is 0 Å². The lowest BCUT2D eigenvalue weighted by molar-refractivity contribution is -0.138. The molecule has 124 valence electrons. The Bertz CT molecular complexity index is 493. The van der Waals surface area contributed by atoms with Crippen molar-refractivity contribution >= 4 is 5.97 Å².